The highest BCUT2D eigenvalue weighted by atomic mass is 16.3. The van der Waals surface area contributed by atoms with Crippen LogP contribution in [0.25, 0.3) is 0 Å². The summed E-state index contributed by atoms with van der Waals surface area (Å²) in [5.74, 6) is 0.366. The summed E-state index contributed by atoms with van der Waals surface area (Å²) in [4.78, 5) is 2.12. The molecule has 3 nitrogen and oxygen atoms in total. The highest BCUT2D eigenvalue weighted by Crippen LogP contribution is 2.12. The maximum absolute atomic E-state index is 9.47. The van der Waals surface area contributed by atoms with Crippen LogP contribution in [0.3, 0.4) is 0 Å². The molecule has 2 atom stereocenters. The highest BCUT2D eigenvalue weighted by molar-refractivity contribution is 5.14. The third kappa shape index (κ3) is 4.11. The third-order valence-electron chi connectivity index (χ3n) is 3.24. The van der Waals surface area contributed by atoms with E-state index < -0.39 is 0 Å². The zero-order valence-electron chi connectivity index (χ0n) is 11.0. The van der Waals surface area contributed by atoms with E-state index in [0.29, 0.717) is 5.92 Å². The van der Waals surface area contributed by atoms with Crippen LogP contribution < -0.4 is 5.73 Å². The zero-order valence-corrected chi connectivity index (χ0v) is 11.0. The van der Waals surface area contributed by atoms with Crippen LogP contribution in [0.15, 0.2) is 30.3 Å². The van der Waals surface area contributed by atoms with Crippen molar-refractivity contribution in [1.82, 2.24) is 4.90 Å². The summed E-state index contributed by atoms with van der Waals surface area (Å²) >= 11 is 0. The molecule has 96 valence electrons. The van der Waals surface area contributed by atoms with Crippen LogP contribution in [0.1, 0.15) is 19.4 Å². The molecule has 1 rings (SSSR count). The number of nitrogens with zero attached hydrogens (tertiary/aromatic N) is 1. The summed E-state index contributed by atoms with van der Waals surface area (Å²) < 4.78 is 0. The van der Waals surface area contributed by atoms with Crippen molar-refractivity contribution >= 4 is 0 Å². The van der Waals surface area contributed by atoms with Crippen LogP contribution in [0, 0.1) is 5.92 Å². The van der Waals surface area contributed by atoms with Crippen molar-refractivity contribution in [2.45, 2.75) is 32.5 Å². The Bertz CT molecular complexity index is 313. The van der Waals surface area contributed by atoms with Crippen LogP contribution in [0.4, 0.5) is 0 Å². The van der Waals surface area contributed by atoms with Gasteiger partial charge in [-0.05, 0) is 18.5 Å². The number of rotatable bonds is 6. The molecule has 0 aliphatic carbocycles. The summed E-state index contributed by atoms with van der Waals surface area (Å²) in [6.45, 7) is 5.09. The third-order valence-corrected chi connectivity index (χ3v) is 3.24. The monoisotopic (exact) mass is 236 g/mol. The molecule has 2 unspecified atom stereocenters. The molecule has 0 aromatic heterocycles. The van der Waals surface area contributed by atoms with Gasteiger partial charge in [-0.15, -0.1) is 0 Å². The molecule has 0 aliphatic rings. The van der Waals surface area contributed by atoms with E-state index >= 15 is 0 Å². The molecule has 0 bridgehead atoms. The number of benzene rings is 1. The summed E-state index contributed by atoms with van der Waals surface area (Å²) in [6.07, 6.45) is 0. The van der Waals surface area contributed by atoms with Crippen molar-refractivity contribution in [3.8, 4) is 0 Å². The van der Waals surface area contributed by atoms with Crippen molar-refractivity contribution in [2.24, 2.45) is 11.7 Å². The van der Waals surface area contributed by atoms with Crippen molar-refractivity contribution in [1.29, 1.82) is 0 Å². The molecular formula is C14H24N2O. The average molecular weight is 236 g/mol. The van der Waals surface area contributed by atoms with Crippen LogP contribution in [-0.2, 0) is 6.54 Å². The molecule has 0 saturated heterocycles. The van der Waals surface area contributed by atoms with Gasteiger partial charge in [-0.1, -0.05) is 44.2 Å². The number of aliphatic hydroxyl groups excluding tert-OH is 1. The van der Waals surface area contributed by atoms with Gasteiger partial charge in [0.1, 0.15) is 0 Å². The SMILES string of the molecule is CC(C)C(N)C(CO)N(C)Cc1ccccc1. The lowest BCUT2D eigenvalue weighted by atomic mass is 9.96. The topological polar surface area (TPSA) is 49.5 Å². The minimum Gasteiger partial charge on any atom is -0.395 e. The van der Waals surface area contributed by atoms with Crippen molar-refractivity contribution in [3.63, 3.8) is 0 Å². The Kier molecular flexibility index (Phi) is 5.62. The molecule has 1 aromatic carbocycles. The lowest BCUT2D eigenvalue weighted by molar-refractivity contribution is 0.107. The van der Waals surface area contributed by atoms with E-state index in [4.69, 9.17) is 5.73 Å². The maximum atomic E-state index is 9.47. The first-order valence-electron chi connectivity index (χ1n) is 6.17. The van der Waals surface area contributed by atoms with Gasteiger partial charge in [-0.25, -0.2) is 0 Å². The summed E-state index contributed by atoms with van der Waals surface area (Å²) in [5.41, 5.74) is 7.36. The van der Waals surface area contributed by atoms with E-state index in [9.17, 15) is 5.11 Å². The number of hydrogen-bond donors (Lipinski definition) is 2. The lowest BCUT2D eigenvalue weighted by Gasteiger charge is -2.33. The first-order valence-corrected chi connectivity index (χ1v) is 6.17. The number of nitrogens with two attached hydrogens (primary N) is 1. The first kappa shape index (κ1) is 14.2. The molecule has 0 amide bonds. The van der Waals surface area contributed by atoms with E-state index in [1.165, 1.54) is 5.56 Å². The van der Waals surface area contributed by atoms with Crippen molar-refractivity contribution < 1.29 is 5.11 Å². The smallest absolute Gasteiger partial charge is 0.0602 e. The molecule has 0 fully saturated rings. The van der Waals surface area contributed by atoms with E-state index in [0.717, 1.165) is 6.54 Å². The van der Waals surface area contributed by atoms with Gasteiger partial charge >= 0.3 is 0 Å². The second-order valence-corrected chi connectivity index (χ2v) is 4.97. The Labute approximate surface area is 104 Å². The highest BCUT2D eigenvalue weighted by Gasteiger charge is 2.23. The van der Waals surface area contributed by atoms with Gasteiger partial charge in [0.25, 0.3) is 0 Å². The molecule has 0 radical (unpaired) electrons. The van der Waals surface area contributed by atoms with Gasteiger partial charge in [0, 0.05) is 18.6 Å². The standard InChI is InChI=1S/C14H24N2O/c1-11(2)14(15)13(10-17)16(3)9-12-7-5-4-6-8-12/h4-8,11,13-14,17H,9-10,15H2,1-3H3. The van der Waals surface area contributed by atoms with Gasteiger partial charge in [-0.2, -0.15) is 0 Å². The number of likely N-dealkylation sites (N-methyl/N-ethyl adjacent to an activating group) is 1. The van der Waals surface area contributed by atoms with E-state index in [2.05, 4.69) is 30.9 Å². The molecule has 17 heavy (non-hydrogen) atoms. The first-order chi connectivity index (χ1) is 8.06. The molecule has 0 heterocycles. The van der Waals surface area contributed by atoms with Gasteiger partial charge in [-0.3, -0.25) is 4.90 Å². The fraction of sp³-hybridized carbons (Fsp3) is 0.571. The Morgan fingerprint density at radius 1 is 1.24 bits per heavy atom. The fourth-order valence-electron chi connectivity index (χ4n) is 1.99. The fourth-order valence-corrected chi connectivity index (χ4v) is 1.99. The molecule has 1 aromatic rings. The summed E-state index contributed by atoms with van der Waals surface area (Å²) in [5, 5.41) is 9.47. The van der Waals surface area contributed by atoms with Crippen molar-refractivity contribution in [3.05, 3.63) is 35.9 Å². The second kappa shape index (κ2) is 6.74. The molecule has 0 spiro atoms. The molecule has 3 heteroatoms. The van der Waals surface area contributed by atoms with Gasteiger partial charge in [0.2, 0.25) is 0 Å². The minimum absolute atomic E-state index is 0.00582. The van der Waals surface area contributed by atoms with Crippen LogP contribution in [-0.4, -0.2) is 35.7 Å². The molecule has 0 saturated carbocycles. The zero-order chi connectivity index (χ0) is 12.8. The normalized spacial score (nSPS) is 15.2. The Morgan fingerprint density at radius 3 is 2.29 bits per heavy atom. The quantitative estimate of drug-likeness (QED) is 0.786. The Morgan fingerprint density at radius 2 is 1.82 bits per heavy atom. The summed E-state index contributed by atoms with van der Waals surface area (Å²) in [7, 11) is 2.01. The average Bonchev–Trinajstić information content (AvgIpc) is 2.30. The van der Waals surface area contributed by atoms with Crippen LogP contribution >= 0.6 is 0 Å². The largest absolute Gasteiger partial charge is 0.395 e. The van der Waals surface area contributed by atoms with Gasteiger partial charge < -0.3 is 10.8 Å². The molecular weight excluding hydrogens is 212 g/mol. The predicted molar refractivity (Wildman–Crippen MR) is 71.6 cm³/mol. The maximum Gasteiger partial charge on any atom is 0.0602 e. The Balaban J connectivity index is 2.64. The number of hydrogen-bond acceptors (Lipinski definition) is 3. The minimum atomic E-state index is -0.00582. The molecule has 0 aliphatic heterocycles. The van der Waals surface area contributed by atoms with Gasteiger partial charge in [0.15, 0.2) is 0 Å². The van der Waals surface area contributed by atoms with E-state index in [1.807, 2.05) is 25.2 Å². The predicted octanol–water partition coefficient (Wildman–Crippen LogP) is 1.46. The molecule has 3 N–H and O–H groups in total. The van der Waals surface area contributed by atoms with Crippen molar-refractivity contribution in [2.75, 3.05) is 13.7 Å². The van der Waals surface area contributed by atoms with Crippen LogP contribution in [0.5, 0.6) is 0 Å². The lowest BCUT2D eigenvalue weighted by Crippen LogP contribution is -2.50. The van der Waals surface area contributed by atoms with Crippen LogP contribution in [0.2, 0.25) is 0 Å². The van der Waals surface area contributed by atoms with E-state index in [1.54, 1.807) is 0 Å². The summed E-state index contributed by atoms with van der Waals surface area (Å²) in [6, 6.07) is 10.2. The van der Waals surface area contributed by atoms with E-state index in [-0.39, 0.29) is 18.7 Å². The second-order valence-electron chi connectivity index (χ2n) is 4.97. The Hall–Kier alpha value is -0.900. The number of aliphatic hydroxyl groups is 1. The van der Waals surface area contributed by atoms with Gasteiger partial charge in [0.05, 0.1) is 6.61 Å².